The van der Waals surface area contributed by atoms with E-state index in [0.717, 1.165) is 19.3 Å². The molecule has 0 radical (unpaired) electrons. The summed E-state index contributed by atoms with van der Waals surface area (Å²) in [5.41, 5.74) is 3.08. The lowest BCUT2D eigenvalue weighted by Gasteiger charge is -2.17. The van der Waals surface area contributed by atoms with Crippen molar-refractivity contribution < 1.29 is 9.59 Å². The van der Waals surface area contributed by atoms with Crippen LogP contribution in [0.4, 0.5) is 0 Å². The highest BCUT2D eigenvalue weighted by Gasteiger charge is 2.22. The maximum Gasteiger partial charge on any atom is 0.236 e. The largest absolute Gasteiger partial charge is 0.302 e. The monoisotopic (exact) mass is 231 g/mol. The molecule has 2 unspecified atom stereocenters. The third-order valence-corrected chi connectivity index (χ3v) is 2.94. The van der Waals surface area contributed by atoms with Crippen LogP contribution >= 0.6 is 9.39 Å². The van der Waals surface area contributed by atoms with E-state index in [-0.39, 0.29) is 11.9 Å². The van der Waals surface area contributed by atoms with Gasteiger partial charge in [0.25, 0.3) is 0 Å². The first-order chi connectivity index (χ1) is 7.17. The van der Waals surface area contributed by atoms with Crippen molar-refractivity contribution in [1.29, 1.82) is 0 Å². The summed E-state index contributed by atoms with van der Waals surface area (Å²) in [6.45, 7) is 2.81. The number of amides is 1. The Hall–Kier alpha value is -0.510. The highest BCUT2D eigenvalue weighted by Crippen LogP contribution is 2.08. The number of carbonyl (C=O) groups excluding carboxylic acids is 2. The number of hydrogen-bond donors (Lipinski definition) is 2. The Morgan fingerprint density at radius 1 is 1.80 bits per heavy atom. The minimum Gasteiger partial charge on any atom is -0.302 e. The third-order valence-electron chi connectivity index (χ3n) is 2.51. The molecular formula is C9H18N3O2P. The van der Waals surface area contributed by atoms with E-state index in [4.69, 9.17) is 0 Å². The molecule has 86 valence electrons. The average molecular weight is 231 g/mol. The van der Waals surface area contributed by atoms with Crippen molar-refractivity contribution in [3.63, 3.8) is 0 Å². The second-order valence-corrected chi connectivity index (χ2v) is 4.15. The Kier molecular flexibility index (Phi) is 5.15. The minimum atomic E-state index is -0.251. The van der Waals surface area contributed by atoms with Crippen molar-refractivity contribution in [3.05, 3.63) is 0 Å². The number of nitrogens with zero attached hydrogens (tertiary/aromatic N) is 1. The first-order valence-electron chi connectivity index (χ1n) is 5.15. The molecule has 6 heteroatoms. The minimum absolute atomic E-state index is 0.0615. The molecule has 1 amide bonds. The number of hydrogen-bond acceptors (Lipinski definition) is 4. The van der Waals surface area contributed by atoms with Crippen molar-refractivity contribution in [2.75, 3.05) is 6.54 Å². The fourth-order valence-corrected chi connectivity index (χ4v) is 1.76. The Bertz CT molecular complexity index is 237. The molecule has 2 N–H and O–H groups in total. The smallest absolute Gasteiger partial charge is 0.236 e. The normalized spacial score (nSPS) is 22.8. The highest BCUT2D eigenvalue weighted by molar-refractivity contribution is 7.13. The van der Waals surface area contributed by atoms with Gasteiger partial charge in [-0.15, -0.1) is 0 Å². The maximum atomic E-state index is 11.6. The second kappa shape index (κ2) is 6.16. The van der Waals surface area contributed by atoms with Gasteiger partial charge in [-0.25, -0.2) is 5.43 Å². The summed E-state index contributed by atoms with van der Waals surface area (Å²) < 4.78 is 0. The van der Waals surface area contributed by atoms with Crippen LogP contribution in [0.2, 0.25) is 0 Å². The van der Waals surface area contributed by atoms with Gasteiger partial charge in [0, 0.05) is 19.0 Å². The van der Waals surface area contributed by atoms with Gasteiger partial charge in [-0.2, -0.15) is 0 Å². The molecule has 1 aliphatic rings. The zero-order valence-electron chi connectivity index (χ0n) is 8.90. The first kappa shape index (κ1) is 12.6. The molecule has 1 fully saturated rings. The van der Waals surface area contributed by atoms with E-state index < -0.39 is 0 Å². The number of carbonyl (C=O) groups is 2. The molecule has 3 atom stereocenters. The molecule has 15 heavy (non-hydrogen) atoms. The van der Waals surface area contributed by atoms with Crippen LogP contribution in [0.15, 0.2) is 0 Å². The topological polar surface area (TPSA) is 61.4 Å². The summed E-state index contributed by atoms with van der Waals surface area (Å²) in [4.78, 5) is 22.1. The summed E-state index contributed by atoms with van der Waals surface area (Å²) in [7, 11) is 2.29. The van der Waals surface area contributed by atoms with Crippen LogP contribution in [0, 0.1) is 0 Å². The van der Waals surface area contributed by atoms with Crippen LogP contribution in [0.25, 0.3) is 0 Å². The number of nitrogens with one attached hydrogen (secondary N) is 2. The number of hydrazine groups is 1. The molecule has 0 bridgehead atoms. The van der Waals surface area contributed by atoms with Gasteiger partial charge in [0.2, 0.25) is 5.91 Å². The molecule has 0 aliphatic carbocycles. The average Bonchev–Trinajstić information content (AvgIpc) is 2.66. The van der Waals surface area contributed by atoms with Crippen LogP contribution < -0.4 is 10.5 Å². The van der Waals surface area contributed by atoms with Gasteiger partial charge >= 0.3 is 0 Å². The fraction of sp³-hybridized carbons (Fsp3) is 0.778. The predicted molar refractivity (Wildman–Crippen MR) is 60.9 cm³/mol. The summed E-state index contributed by atoms with van der Waals surface area (Å²) in [5, 5.41) is 4.41. The zero-order chi connectivity index (χ0) is 11.3. The lowest BCUT2D eigenvalue weighted by Crippen LogP contribution is -2.40. The second-order valence-electron chi connectivity index (χ2n) is 3.81. The molecule has 1 aliphatic heterocycles. The summed E-state index contributed by atoms with van der Waals surface area (Å²) in [5.74, 6) is 0.0615. The van der Waals surface area contributed by atoms with Gasteiger partial charge < -0.3 is 4.79 Å². The lowest BCUT2D eigenvalue weighted by molar-refractivity contribution is -0.133. The Balaban J connectivity index is 2.26. The van der Waals surface area contributed by atoms with Crippen molar-refractivity contribution in [1.82, 2.24) is 15.5 Å². The standard InChI is InChI=1S/C9H18N3O2P/c1-7-4-5-12(10-7)9(14)3-2-8(6-13)11-15/h6-8,10-11H,2-5,15H2,1H3/t7?,8-/m0/s1. The summed E-state index contributed by atoms with van der Waals surface area (Å²) in [6, 6.07) is 0.120. The van der Waals surface area contributed by atoms with Crippen LogP contribution in [0.3, 0.4) is 0 Å². The van der Waals surface area contributed by atoms with Crippen molar-refractivity contribution in [3.8, 4) is 0 Å². The van der Waals surface area contributed by atoms with E-state index in [9.17, 15) is 9.59 Å². The van der Waals surface area contributed by atoms with E-state index in [1.165, 1.54) is 0 Å². The van der Waals surface area contributed by atoms with Gasteiger partial charge in [0.1, 0.15) is 6.29 Å². The highest BCUT2D eigenvalue weighted by atomic mass is 31.0. The van der Waals surface area contributed by atoms with Gasteiger partial charge in [-0.3, -0.25) is 14.9 Å². The van der Waals surface area contributed by atoms with E-state index in [1.54, 1.807) is 5.01 Å². The van der Waals surface area contributed by atoms with Crippen molar-refractivity contribution in [2.24, 2.45) is 0 Å². The van der Waals surface area contributed by atoms with Crippen LogP contribution in [-0.2, 0) is 9.59 Å². The molecule has 1 rings (SSSR count). The van der Waals surface area contributed by atoms with Gasteiger partial charge in [-0.05, 0) is 19.8 Å². The van der Waals surface area contributed by atoms with Crippen LogP contribution in [0.1, 0.15) is 26.2 Å². The van der Waals surface area contributed by atoms with Gasteiger partial charge in [-0.1, -0.05) is 9.39 Å². The maximum absolute atomic E-state index is 11.6. The Morgan fingerprint density at radius 3 is 3.00 bits per heavy atom. The number of rotatable bonds is 5. The van der Waals surface area contributed by atoms with E-state index >= 15 is 0 Å². The molecule has 0 spiro atoms. The fourth-order valence-electron chi connectivity index (χ4n) is 1.52. The molecule has 0 aromatic carbocycles. The number of aldehydes is 1. The molecule has 1 saturated heterocycles. The summed E-state index contributed by atoms with van der Waals surface area (Å²) in [6.07, 6.45) is 2.74. The van der Waals surface area contributed by atoms with Crippen LogP contribution in [0.5, 0.6) is 0 Å². The van der Waals surface area contributed by atoms with Crippen LogP contribution in [-0.4, -0.2) is 35.8 Å². The molecule has 5 nitrogen and oxygen atoms in total. The van der Waals surface area contributed by atoms with Gasteiger partial charge in [0.05, 0.1) is 6.04 Å². The molecule has 0 aromatic rings. The van der Waals surface area contributed by atoms with E-state index in [0.29, 0.717) is 18.9 Å². The van der Waals surface area contributed by atoms with Gasteiger partial charge in [0.15, 0.2) is 0 Å². The SMILES string of the molecule is CC1CCN(C(=O)CC[C@@H](C=O)NP)N1. The van der Waals surface area contributed by atoms with Crippen molar-refractivity contribution in [2.45, 2.75) is 38.3 Å². The Morgan fingerprint density at radius 2 is 2.53 bits per heavy atom. The van der Waals surface area contributed by atoms with E-state index in [1.807, 2.05) is 6.92 Å². The zero-order valence-corrected chi connectivity index (χ0v) is 10.1. The third kappa shape index (κ3) is 3.86. The summed E-state index contributed by atoms with van der Waals surface area (Å²) >= 11 is 0. The van der Waals surface area contributed by atoms with E-state index in [2.05, 4.69) is 19.9 Å². The molecule has 1 heterocycles. The predicted octanol–water partition coefficient (Wildman–Crippen LogP) is -0.161. The molecule has 0 saturated carbocycles. The molecular weight excluding hydrogens is 213 g/mol. The van der Waals surface area contributed by atoms with Crippen molar-refractivity contribution >= 4 is 21.6 Å². The quantitative estimate of drug-likeness (QED) is 0.510. The Labute approximate surface area is 92.2 Å². The first-order valence-corrected chi connectivity index (χ1v) is 5.73. The lowest BCUT2D eigenvalue weighted by atomic mass is 10.2. The molecule has 0 aromatic heterocycles.